The summed E-state index contributed by atoms with van der Waals surface area (Å²) in [5, 5.41) is 4.98. The molecule has 2 aromatic heterocycles. The molecule has 1 fully saturated rings. The summed E-state index contributed by atoms with van der Waals surface area (Å²) in [5.41, 5.74) is 3.07. The molecule has 1 saturated heterocycles. The molecule has 0 amide bonds. The lowest BCUT2D eigenvalue weighted by Gasteiger charge is -2.26. The summed E-state index contributed by atoms with van der Waals surface area (Å²) >= 11 is 7.41. The molecule has 166 valence electrons. The third-order valence-electron chi connectivity index (χ3n) is 5.60. The largest absolute Gasteiger partial charge is 0.452 e. The van der Waals surface area contributed by atoms with Gasteiger partial charge in [-0.3, -0.25) is 4.98 Å². The van der Waals surface area contributed by atoms with E-state index in [0.29, 0.717) is 5.11 Å². The Kier molecular flexibility index (Phi) is 6.07. The molecule has 0 aliphatic carbocycles. The number of nitrogens with one attached hydrogen (secondary N) is 1. The second-order valence-electron chi connectivity index (χ2n) is 7.98. The van der Waals surface area contributed by atoms with Crippen LogP contribution in [0.2, 0.25) is 0 Å². The monoisotopic (exact) mass is 472 g/mol. The van der Waals surface area contributed by atoms with Crippen LogP contribution in [0.5, 0.6) is 0 Å². The van der Waals surface area contributed by atoms with Gasteiger partial charge in [-0.2, -0.15) is 0 Å². The van der Waals surface area contributed by atoms with E-state index in [-0.39, 0.29) is 12.1 Å². The van der Waals surface area contributed by atoms with Crippen LogP contribution in [0, 0.1) is 0 Å². The molecular weight excluding hydrogens is 448 g/mol. The standard InChI is InChI=1S/C26H24N4OS2/c1-29(2)18-11-13-19(14-12-18)30-25(24(28-26(30)32)21-10-6-7-17-27-21)22-15-16-23(31-22)33-20-8-4-3-5-9-20/h3-17,24-25H,1-2H3,(H,28,32)/t24-,25-/m1/s1. The molecule has 0 spiro atoms. The van der Waals surface area contributed by atoms with E-state index in [2.05, 4.69) is 56.5 Å². The second kappa shape index (κ2) is 9.29. The zero-order chi connectivity index (χ0) is 22.8. The van der Waals surface area contributed by atoms with Crippen molar-refractivity contribution in [3.63, 3.8) is 0 Å². The van der Waals surface area contributed by atoms with E-state index in [9.17, 15) is 0 Å². The van der Waals surface area contributed by atoms with Gasteiger partial charge in [0.15, 0.2) is 10.2 Å². The highest BCUT2D eigenvalue weighted by Gasteiger charge is 2.42. The molecule has 0 bridgehead atoms. The van der Waals surface area contributed by atoms with Crippen molar-refractivity contribution in [3.8, 4) is 0 Å². The molecule has 1 aliphatic heterocycles. The Labute approximate surface area is 203 Å². The molecule has 5 nitrogen and oxygen atoms in total. The minimum absolute atomic E-state index is 0.132. The van der Waals surface area contributed by atoms with Gasteiger partial charge < -0.3 is 19.5 Å². The van der Waals surface area contributed by atoms with Crippen molar-refractivity contribution < 1.29 is 4.42 Å². The smallest absolute Gasteiger partial charge is 0.174 e. The molecule has 0 saturated carbocycles. The number of rotatable bonds is 6. The van der Waals surface area contributed by atoms with Crippen molar-refractivity contribution in [1.29, 1.82) is 0 Å². The maximum absolute atomic E-state index is 6.37. The Bertz CT molecular complexity index is 1230. The lowest BCUT2D eigenvalue weighted by molar-refractivity contribution is 0.383. The first-order valence-electron chi connectivity index (χ1n) is 10.7. The number of anilines is 2. The van der Waals surface area contributed by atoms with Crippen LogP contribution in [0.15, 0.2) is 106 Å². The Balaban J connectivity index is 1.52. The average Bonchev–Trinajstić information content (AvgIpc) is 3.44. The van der Waals surface area contributed by atoms with E-state index in [4.69, 9.17) is 16.6 Å². The molecule has 0 radical (unpaired) electrons. The highest BCUT2D eigenvalue weighted by atomic mass is 32.2. The van der Waals surface area contributed by atoms with Gasteiger partial charge in [-0.1, -0.05) is 36.0 Å². The first-order chi connectivity index (χ1) is 16.1. The molecule has 2 aromatic carbocycles. The molecule has 1 aliphatic rings. The first-order valence-corrected chi connectivity index (χ1v) is 11.9. The van der Waals surface area contributed by atoms with Crippen molar-refractivity contribution in [2.75, 3.05) is 23.9 Å². The number of hydrogen-bond donors (Lipinski definition) is 1. The highest BCUT2D eigenvalue weighted by molar-refractivity contribution is 7.99. The van der Waals surface area contributed by atoms with E-state index in [0.717, 1.165) is 32.8 Å². The fourth-order valence-corrected chi connectivity index (χ4v) is 5.13. The number of pyridine rings is 1. The molecule has 2 atom stereocenters. The number of hydrogen-bond acceptors (Lipinski definition) is 5. The average molecular weight is 473 g/mol. The maximum Gasteiger partial charge on any atom is 0.174 e. The fraction of sp³-hybridized carbons (Fsp3) is 0.154. The number of nitrogens with zero attached hydrogens (tertiary/aromatic N) is 3. The van der Waals surface area contributed by atoms with E-state index < -0.39 is 0 Å². The lowest BCUT2D eigenvalue weighted by Crippen LogP contribution is -2.29. The van der Waals surface area contributed by atoms with Crippen molar-refractivity contribution in [1.82, 2.24) is 10.3 Å². The molecule has 4 aromatic rings. The third-order valence-corrected chi connectivity index (χ3v) is 6.84. The molecular formula is C26H24N4OS2. The van der Waals surface area contributed by atoms with Crippen molar-refractivity contribution in [2.45, 2.75) is 22.1 Å². The van der Waals surface area contributed by atoms with Gasteiger partial charge in [-0.15, -0.1) is 0 Å². The van der Waals surface area contributed by atoms with Gasteiger partial charge in [-0.25, -0.2) is 0 Å². The molecule has 7 heteroatoms. The Morgan fingerprint density at radius 1 is 0.939 bits per heavy atom. The molecule has 33 heavy (non-hydrogen) atoms. The van der Waals surface area contributed by atoms with Gasteiger partial charge in [0.05, 0.1) is 11.7 Å². The summed E-state index contributed by atoms with van der Waals surface area (Å²) in [6.45, 7) is 0. The molecule has 3 heterocycles. The number of benzene rings is 2. The summed E-state index contributed by atoms with van der Waals surface area (Å²) in [5.74, 6) is 0.841. The Morgan fingerprint density at radius 2 is 1.70 bits per heavy atom. The van der Waals surface area contributed by atoms with E-state index >= 15 is 0 Å². The zero-order valence-corrected chi connectivity index (χ0v) is 20.0. The predicted octanol–water partition coefficient (Wildman–Crippen LogP) is 6.07. The van der Waals surface area contributed by atoms with Crippen LogP contribution < -0.4 is 15.1 Å². The number of thiocarbonyl (C=S) groups is 1. The van der Waals surface area contributed by atoms with Crippen molar-refractivity contribution in [2.24, 2.45) is 0 Å². The number of aromatic nitrogens is 1. The van der Waals surface area contributed by atoms with Gasteiger partial charge in [0.25, 0.3) is 0 Å². The lowest BCUT2D eigenvalue weighted by atomic mass is 10.0. The topological polar surface area (TPSA) is 44.5 Å². The summed E-state index contributed by atoms with van der Waals surface area (Å²) in [6, 6.07) is 28.3. The van der Waals surface area contributed by atoms with Crippen LogP contribution in [0.1, 0.15) is 23.5 Å². The SMILES string of the molecule is CN(C)c1ccc(N2C(=S)N[C@H](c3ccccn3)[C@H]2c2ccc(Sc3ccccc3)o2)cc1. The quantitative estimate of drug-likeness (QED) is 0.342. The summed E-state index contributed by atoms with van der Waals surface area (Å²) in [7, 11) is 4.07. The van der Waals surface area contributed by atoms with Gasteiger partial charge in [0, 0.05) is 36.6 Å². The summed E-state index contributed by atoms with van der Waals surface area (Å²) in [4.78, 5) is 9.95. The first kappa shape index (κ1) is 21.6. The van der Waals surface area contributed by atoms with Gasteiger partial charge in [0.2, 0.25) is 0 Å². The van der Waals surface area contributed by atoms with E-state index in [1.54, 1.807) is 11.8 Å². The van der Waals surface area contributed by atoms with Crippen molar-refractivity contribution in [3.05, 3.63) is 103 Å². The zero-order valence-electron chi connectivity index (χ0n) is 18.4. The molecule has 1 N–H and O–H groups in total. The van der Waals surface area contributed by atoms with Gasteiger partial charge in [-0.05, 0) is 72.9 Å². The molecule has 5 rings (SSSR count). The van der Waals surface area contributed by atoms with Crippen LogP contribution in [0.3, 0.4) is 0 Å². The summed E-state index contributed by atoms with van der Waals surface area (Å²) < 4.78 is 6.37. The summed E-state index contributed by atoms with van der Waals surface area (Å²) in [6.07, 6.45) is 1.81. The number of furan rings is 1. The Hall–Kier alpha value is -3.29. The third kappa shape index (κ3) is 4.47. The second-order valence-corrected chi connectivity index (χ2v) is 9.44. The van der Waals surface area contributed by atoms with E-state index in [1.807, 2.05) is 68.8 Å². The normalized spacial score (nSPS) is 17.8. The van der Waals surface area contributed by atoms with Crippen molar-refractivity contribution >= 4 is 40.5 Å². The maximum atomic E-state index is 6.37. The van der Waals surface area contributed by atoms with Crippen LogP contribution in [0.25, 0.3) is 0 Å². The minimum atomic E-state index is -0.164. The van der Waals surface area contributed by atoms with Gasteiger partial charge in [0.1, 0.15) is 11.8 Å². The minimum Gasteiger partial charge on any atom is -0.452 e. The van der Waals surface area contributed by atoms with E-state index in [1.165, 1.54) is 0 Å². The van der Waals surface area contributed by atoms with Crippen LogP contribution in [0.4, 0.5) is 11.4 Å². The van der Waals surface area contributed by atoms with Crippen LogP contribution >= 0.6 is 24.0 Å². The van der Waals surface area contributed by atoms with Crippen LogP contribution in [-0.4, -0.2) is 24.2 Å². The van der Waals surface area contributed by atoms with Crippen LogP contribution in [-0.2, 0) is 0 Å². The van der Waals surface area contributed by atoms with Gasteiger partial charge >= 0.3 is 0 Å². The predicted molar refractivity (Wildman–Crippen MR) is 138 cm³/mol. The fourth-order valence-electron chi connectivity index (χ4n) is 3.99. The Morgan fingerprint density at radius 3 is 2.39 bits per heavy atom. The highest BCUT2D eigenvalue weighted by Crippen LogP contribution is 2.43. The molecule has 0 unspecified atom stereocenters.